The van der Waals surface area contributed by atoms with Crippen LogP contribution in [0.4, 0.5) is 5.95 Å². The number of benzene rings is 1. The van der Waals surface area contributed by atoms with Crippen molar-refractivity contribution in [3.63, 3.8) is 0 Å². The second-order valence-electron chi connectivity index (χ2n) is 3.98. The number of H-pyrrole nitrogens is 1. The monoisotopic (exact) mass is 292 g/mol. The minimum Gasteiger partial charge on any atom is -0.291 e. The summed E-state index contributed by atoms with van der Waals surface area (Å²) >= 11 is 3.91. The van der Waals surface area contributed by atoms with Crippen LogP contribution in [-0.4, -0.2) is 32.6 Å². The number of hydrogen-bond donors (Lipinski definition) is 2. The van der Waals surface area contributed by atoms with E-state index < -0.39 is 0 Å². The van der Waals surface area contributed by atoms with Crippen LogP contribution in [0.15, 0.2) is 30.6 Å². The molecule has 2 aromatic rings. The van der Waals surface area contributed by atoms with Gasteiger partial charge in [0.15, 0.2) is 0 Å². The molecule has 2 heterocycles. The first-order valence-corrected chi connectivity index (χ1v) is 7.92. The molecule has 0 radical (unpaired) electrons. The third kappa shape index (κ3) is 2.93. The number of carbonyl (C=O) groups excluding carboxylic acids is 1. The Kier molecular flexibility index (Phi) is 3.74. The van der Waals surface area contributed by atoms with Gasteiger partial charge in [0.25, 0.3) is 5.91 Å². The fourth-order valence-corrected chi connectivity index (χ4v) is 4.65. The molecule has 1 aromatic heterocycles. The number of aromatic amines is 1. The van der Waals surface area contributed by atoms with Crippen molar-refractivity contribution in [2.75, 3.05) is 16.8 Å². The Balaban J connectivity index is 1.69. The average Bonchev–Trinajstić information content (AvgIpc) is 3.12. The van der Waals surface area contributed by atoms with Gasteiger partial charge in [-0.2, -0.15) is 10.1 Å². The molecule has 2 N–H and O–H groups in total. The molecule has 1 aliphatic heterocycles. The van der Waals surface area contributed by atoms with E-state index in [2.05, 4.69) is 20.5 Å². The molecular weight excluding hydrogens is 280 g/mol. The van der Waals surface area contributed by atoms with Gasteiger partial charge >= 0.3 is 0 Å². The van der Waals surface area contributed by atoms with Gasteiger partial charge in [-0.25, -0.2) is 5.10 Å². The van der Waals surface area contributed by atoms with Gasteiger partial charge in [0.05, 0.1) is 4.58 Å². The smallest absolute Gasteiger partial charge is 0.258 e. The summed E-state index contributed by atoms with van der Waals surface area (Å²) in [4.78, 5) is 15.8. The SMILES string of the molecule is O=C(Nc1ncn[nH]1)c1ccc(C2SCCS2)cc1. The molecule has 0 saturated carbocycles. The second kappa shape index (κ2) is 5.66. The van der Waals surface area contributed by atoms with Gasteiger partial charge in [-0.05, 0) is 17.7 Å². The standard InChI is InChI=1S/C12H12N4OS2/c17-10(15-12-13-7-14-16-12)8-1-3-9(4-2-8)11-18-5-6-19-11/h1-4,7,11H,5-6H2,(H2,13,14,15,16,17). The van der Waals surface area contributed by atoms with Crippen molar-refractivity contribution in [1.82, 2.24) is 15.2 Å². The van der Waals surface area contributed by atoms with Crippen LogP contribution in [0.2, 0.25) is 0 Å². The lowest BCUT2D eigenvalue weighted by Gasteiger charge is -2.08. The molecule has 1 saturated heterocycles. The third-order valence-corrected chi connectivity index (χ3v) is 5.82. The van der Waals surface area contributed by atoms with Crippen LogP contribution in [0.1, 0.15) is 20.5 Å². The zero-order valence-corrected chi connectivity index (χ0v) is 11.6. The maximum atomic E-state index is 11.9. The van der Waals surface area contributed by atoms with Crippen LogP contribution < -0.4 is 5.32 Å². The number of anilines is 1. The Morgan fingerprint density at radius 3 is 2.63 bits per heavy atom. The highest BCUT2D eigenvalue weighted by atomic mass is 32.2. The number of nitrogens with zero attached hydrogens (tertiary/aromatic N) is 2. The lowest BCUT2D eigenvalue weighted by molar-refractivity contribution is 0.102. The molecule has 1 aliphatic rings. The van der Waals surface area contributed by atoms with Crippen molar-refractivity contribution in [3.05, 3.63) is 41.7 Å². The molecule has 1 aromatic carbocycles. The van der Waals surface area contributed by atoms with Gasteiger partial charge < -0.3 is 0 Å². The van der Waals surface area contributed by atoms with E-state index in [1.165, 1.54) is 23.4 Å². The van der Waals surface area contributed by atoms with Crippen molar-refractivity contribution in [2.24, 2.45) is 0 Å². The Labute approximate surface area is 119 Å². The summed E-state index contributed by atoms with van der Waals surface area (Å²) in [5, 5.41) is 8.92. The zero-order valence-electron chi connectivity index (χ0n) is 10.00. The zero-order chi connectivity index (χ0) is 13.1. The Morgan fingerprint density at radius 1 is 1.26 bits per heavy atom. The van der Waals surface area contributed by atoms with Gasteiger partial charge in [0.1, 0.15) is 6.33 Å². The number of rotatable bonds is 3. The fraction of sp³-hybridized carbons (Fsp3) is 0.250. The summed E-state index contributed by atoms with van der Waals surface area (Å²) in [6.45, 7) is 0. The van der Waals surface area contributed by atoms with E-state index in [9.17, 15) is 4.79 Å². The number of aromatic nitrogens is 3. The van der Waals surface area contributed by atoms with Crippen molar-refractivity contribution < 1.29 is 4.79 Å². The topological polar surface area (TPSA) is 70.7 Å². The van der Waals surface area contributed by atoms with Gasteiger partial charge in [-0.3, -0.25) is 10.1 Å². The van der Waals surface area contributed by atoms with Crippen molar-refractivity contribution in [2.45, 2.75) is 4.58 Å². The van der Waals surface area contributed by atoms with Crippen LogP contribution in [0.25, 0.3) is 0 Å². The molecule has 5 nitrogen and oxygen atoms in total. The summed E-state index contributed by atoms with van der Waals surface area (Å²) < 4.78 is 0.506. The van der Waals surface area contributed by atoms with E-state index in [1.54, 1.807) is 0 Å². The molecule has 3 rings (SSSR count). The minimum atomic E-state index is -0.185. The van der Waals surface area contributed by atoms with Crippen LogP contribution in [0.3, 0.4) is 0 Å². The highest BCUT2D eigenvalue weighted by molar-refractivity contribution is 8.19. The summed E-state index contributed by atoms with van der Waals surface area (Å²) in [5.74, 6) is 2.57. The van der Waals surface area contributed by atoms with Crippen LogP contribution in [-0.2, 0) is 0 Å². The highest BCUT2D eigenvalue weighted by Gasteiger charge is 2.18. The van der Waals surface area contributed by atoms with Crippen LogP contribution in [0, 0.1) is 0 Å². The van der Waals surface area contributed by atoms with Crippen molar-refractivity contribution in [1.29, 1.82) is 0 Å². The van der Waals surface area contributed by atoms with Gasteiger partial charge in [-0.15, -0.1) is 23.5 Å². The molecule has 19 heavy (non-hydrogen) atoms. The van der Waals surface area contributed by atoms with E-state index >= 15 is 0 Å². The first kappa shape index (κ1) is 12.6. The van der Waals surface area contributed by atoms with E-state index in [-0.39, 0.29) is 5.91 Å². The third-order valence-electron chi connectivity index (χ3n) is 2.71. The number of carbonyl (C=O) groups is 1. The summed E-state index contributed by atoms with van der Waals surface area (Å²) in [6.07, 6.45) is 1.35. The molecule has 0 aliphatic carbocycles. The number of thioether (sulfide) groups is 2. The van der Waals surface area contributed by atoms with Gasteiger partial charge in [0, 0.05) is 17.1 Å². The molecule has 98 valence electrons. The first-order chi connectivity index (χ1) is 9.33. The molecule has 7 heteroatoms. The number of nitrogens with one attached hydrogen (secondary N) is 2. The van der Waals surface area contributed by atoms with Crippen LogP contribution >= 0.6 is 23.5 Å². The molecule has 0 spiro atoms. The van der Waals surface area contributed by atoms with E-state index in [4.69, 9.17) is 0 Å². The molecule has 0 bridgehead atoms. The van der Waals surface area contributed by atoms with Crippen LogP contribution in [0.5, 0.6) is 0 Å². The van der Waals surface area contributed by atoms with E-state index in [0.29, 0.717) is 16.1 Å². The first-order valence-electron chi connectivity index (χ1n) is 5.83. The predicted octanol–water partition coefficient (Wildman–Crippen LogP) is 2.54. The lowest BCUT2D eigenvalue weighted by atomic mass is 10.1. The van der Waals surface area contributed by atoms with Gasteiger partial charge in [0.2, 0.25) is 5.95 Å². The second-order valence-corrected chi connectivity index (χ2v) is 6.71. The Hall–Kier alpha value is -1.47. The Morgan fingerprint density at radius 2 is 2.00 bits per heavy atom. The largest absolute Gasteiger partial charge is 0.291 e. The minimum absolute atomic E-state index is 0.185. The average molecular weight is 292 g/mol. The lowest BCUT2D eigenvalue weighted by Crippen LogP contribution is -2.12. The summed E-state index contributed by atoms with van der Waals surface area (Å²) in [7, 11) is 0. The molecule has 1 fully saturated rings. The predicted molar refractivity (Wildman–Crippen MR) is 78.4 cm³/mol. The Bertz CT molecular complexity index is 550. The number of amides is 1. The maximum absolute atomic E-state index is 11.9. The molecule has 0 atom stereocenters. The highest BCUT2D eigenvalue weighted by Crippen LogP contribution is 2.45. The fourth-order valence-electron chi connectivity index (χ4n) is 1.79. The van der Waals surface area contributed by atoms with Crippen molar-refractivity contribution >= 4 is 35.4 Å². The van der Waals surface area contributed by atoms with Gasteiger partial charge in [-0.1, -0.05) is 12.1 Å². The molecule has 1 amide bonds. The molecule has 0 unspecified atom stereocenters. The molecular formula is C12H12N4OS2. The van der Waals surface area contributed by atoms with E-state index in [1.807, 2.05) is 47.8 Å². The number of hydrogen-bond acceptors (Lipinski definition) is 5. The summed E-state index contributed by atoms with van der Waals surface area (Å²) in [6, 6.07) is 7.73. The van der Waals surface area contributed by atoms with Crippen molar-refractivity contribution in [3.8, 4) is 0 Å². The maximum Gasteiger partial charge on any atom is 0.258 e. The summed E-state index contributed by atoms with van der Waals surface area (Å²) in [5.41, 5.74) is 1.89. The normalized spacial score (nSPS) is 15.6. The van der Waals surface area contributed by atoms with E-state index in [0.717, 1.165) is 0 Å². The quantitative estimate of drug-likeness (QED) is 0.909.